The van der Waals surface area contributed by atoms with E-state index in [2.05, 4.69) is 20.8 Å². The van der Waals surface area contributed by atoms with Gasteiger partial charge in [-0.25, -0.2) is 0 Å². The lowest BCUT2D eigenvalue weighted by Crippen LogP contribution is -2.14. The molecule has 0 atom stereocenters. The van der Waals surface area contributed by atoms with Crippen molar-refractivity contribution in [2.45, 2.75) is 0 Å². The van der Waals surface area contributed by atoms with Crippen molar-refractivity contribution in [1.29, 1.82) is 0 Å². The molecule has 0 radical (unpaired) electrons. The number of hydrogen-bond donors (Lipinski definition) is 2. The number of nitro benzene ring substituents is 1. The molecule has 0 bridgehead atoms. The van der Waals surface area contributed by atoms with Crippen molar-refractivity contribution in [1.82, 2.24) is 10.2 Å². The van der Waals surface area contributed by atoms with Crippen molar-refractivity contribution >= 4 is 29.2 Å². The number of non-ortho nitro benzene ring substituents is 1. The van der Waals surface area contributed by atoms with Crippen molar-refractivity contribution < 1.29 is 23.7 Å². The fourth-order valence-electron chi connectivity index (χ4n) is 2.97. The van der Waals surface area contributed by atoms with Gasteiger partial charge in [-0.3, -0.25) is 25.0 Å². The highest BCUT2D eigenvalue weighted by Gasteiger charge is 2.15. The molecule has 34 heavy (non-hydrogen) atoms. The molecule has 0 aliphatic heterocycles. The third-order valence-corrected chi connectivity index (χ3v) is 4.71. The van der Waals surface area contributed by atoms with Gasteiger partial charge in [0.15, 0.2) is 0 Å². The number of anilines is 2. The summed E-state index contributed by atoms with van der Waals surface area (Å²) in [5, 5.41) is 23.6. The highest BCUT2D eigenvalue weighted by atomic mass is 16.6. The van der Waals surface area contributed by atoms with Crippen LogP contribution in [0.2, 0.25) is 0 Å². The number of carbonyl (C=O) groups excluding carboxylic acids is 2. The average Bonchev–Trinajstić information content (AvgIpc) is 3.32. The molecule has 2 amide bonds. The van der Waals surface area contributed by atoms with Crippen LogP contribution < -0.4 is 15.4 Å². The van der Waals surface area contributed by atoms with E-state index in [1.807, 2.05) is 0 Å². The number of hydrogen-bond acceptors (Lipinski definition) is 8. The minimum absolute atomic E-state index is 0.0734. The van der Waals surface area contributed by atoms with Gasteiger partial charge in [-0.15, -0.1) is 5.10 Å². The predicted molar refractivity (Wildman–Crippen MR) is 122 cm³/mol. The van der Waals surface area contributed by atoms with Crippen LogP contribution in [-0.4, -0.2) is 34.0 Å². The average molecular weight is 459 g/mol. The SMILES string of the molecule is COc1ccc(C(=O)Nc2cccc(C(=O)Nc3nnc(-c4ccc([N+](=O)[O-])cc4)o3)c2)cc1. The number of nitrogens with zero attached hydrogens (tertiary/aromatic N) is 3. The van der Waals surface area contributed by atoms with Crippen molar-refractivity contribution in [2.75, 3.05) is 17.7 Å². The first kappa shape index (κ1) is 22.1. The molecule has 0 spiro atoms. The number of carbonyl (C=O) groups is 2. The van der Waals surface area contributed by atoms with Crippen molar-refractivity contribution in [3.63, 3.8) is 0 Å². The first-order valence-corrected chi connectivity index (χ1v) is 9.88. The van der Waals surface area contributed by atoms with Gasteiger partial charge in [-0.2, -0.15) is 0 Å². The van der Waals surface area contributed by atoms with E-state index in [-0.39, 0.29) is 29.1 Å². The lowest BCUT2D eigenvalue weighted by atomic mass is 10.1. The van der Waals surface area contributed by atoms with E-state index in [9.17, 15) is 19.7 Å². The standard InChI is InChI=1S/C23H17N5O6/c1-33-19-11-7-14(8-12-19)20(29)24-17-4-2-3-16(13-17)21(30)25-23-27-26-22(34-23)15-5-9-18(10-6-15)28(31)32/h2-13H,1H3,(H,24,29)(H,25,27,30). The minimum atomic E-state index is -0.528. The molecule has 0 fully saturated rings. The Morgan fingerprint density at radius 3 is 2.29 bits per heavy atom. The Morgan fingerprint density at radius 2 is 1.62 bits per heavy atom. The molecule has 0 saturated carbocycles. The second-order valence-corrected chi connectivity index (χ2v) is 6.93. The van der Waals surface area contributed by atoms with Gasteiger partial charge in [-0.05, 0) is 54.6 Å². The van der Waals surface area contributed by atoms with Crippen molar-refractivity contribution in [3.8, 4) is 17.2 Å². The molecule has 0 saturated heterocycles. The van der Waals surface area contributed by atoms with Crippen LogP contribution in [0.25, 0.3) is 11.5 Å². The zero-order valence-corrected chi connectivity index (χ0v) is 17.7. The van der Waals surface area contributed by atoms with Gasteiger partial charge in [0, 0.05) is 34.5 Å². The summed E-state index contributed by atoms with van der Waals surface area (Å²) in [6.45, 7) is 0. The van der Waals surface area contributed by atoms with Crippen LogP contribution in [0.15, 0.2) is 77.2 Å². The van der Waals surface area contributed by atoms with E-state index < -0.39 is 10.8 Å². The first-order chi connectivity index (χ1) is 16.4. The monoisotopic (exact) mass is 459 g/mol. The van der Waals surface area contributed by atoms with E-state index >= 15 is 0 Å². The Balaban J connectivity index is 1.42. The Morgan fingerprint density at radius 1 is 0.912 bits per heavy atom. The maximum atomic E-state index is 12.6. The van der Waals surface area contributed by atoms with E-state index in [1.54, 1.807) is 42.5 Å². The van der Waals surface area contributed by atoms with Crippen LogP contribution in [-0.2, 0) is 0 Å². The van der Waals surface area contributed by atoms with E-state index in [0.29, 0.717) is 22.6 Å². The molecule has 0 aliphatic carbocycles. The lowest BCUT2D eigenvalue weighted by Gasteiger charge is -2.08. The fraction of sp³-hybridized carbons (Fsp3) is 0.0435. The van der Waals surface area contributed by atoms with Crippen LogP contribution in [0.5, 0.6) is 5.75 Å². The molecular weight excluding hydrogens is 442 g/mol. The third kappa shape index (κ3) is 5.05. The molecule has 2 N–H and O–H groups in total. The number of nitrogens with one attached hydrogen (secondary N) is 2. The molecular formula is C23H17N5O6. The molecule has 4 rings (SSSR count). The number of amides is 2. The maximum Gasteiger partial charge on any atom is 0.322 e. The zero-order chi connectivity index (χ0) is 24.1. The molecule has 4 aromatic rings. The summed E-state index contributed by atoms with van der Waals surface area (Å²) >= 11 is 0. The Hall–Kier alpha value is -5.06. The summed E-state index contributed by atoms with van der Waals surface area (Å²) in [4.78, 5) is 35.3. The fourth-order valence-corrected chi connectivity index (χ4v) is 2.97. The predicted octanol–water partition coefficient (Wildman–Crippen LogP) is 4.16. The second kappa shape index (κ2) is 9.61. The molecule has 0 unspecified atom stereocenters. The molecule has 1 aromatic heterocycles. The highest BCUT2D eigenvalue weighted by Crippen LogP contribution is 2.23. The van der Waals surface area contributed by atoms with Gasteiger partial charge in [0.05, 0.1) is 12.0 Å². The molecule has 1 heterocycles. The molecule has 3 aromatic carbocycles. The summed E-state index contributed by atoms with van der Waals surface area (Å²) in [5.74, 6) is -0.150. The quantitative estimate of drug-likeness (QED) is 0.309. The zero-order valence-electron chi connectivity index (χ0n) is 17.7. The van der Waals surface area contributed by atoms with Gasteiger partial charge in [-0.1, -0.05) is 11.2 Å². The second-order valence-electron chi connectivity index (χ2n) is 6.93. The maximum absolute atomic E-state index is 12.6. The largest absolute Gasteiger partial charge is 0.497 e. The molecule has 11 heteroatoms. The van der Waals surface area contributed by atoms with Crippen LogP contribution in [0.4, 0.5) is 17.4 Å². The molecule has 170 valence electrons. The molecule has 11 nitrogen and oxygen atoms in total. The number of methoxy groups -OCH3 is 1. The van der Waals surface area contributed by atoms with Crippen LogP contribution in [0.3, 0.4) is 0 Å². The highest BCUT2D eigenvalue weighted by molar-refractivity contribution is 6.07. The summed E-state index contributed by atoms with van der Waals surface area (Å²) in [7, 11) is 1.54. The van der Waals surface area contributed by atoms with Crippen LogP contribution in [0, 0.1) is 10.1 Å². The Kier molecular flexibility index (Phi) is 6.26. The number of ether oxygens (including phenoxy) is 1. The summed E-state index contributed by atoms with van der Waals surface area (Å²) in [6.07, 6.45) is 0. The normalized spacial score (nSPS) is 10.4. The number of aromatic nitrogens is 2. The van der Waals surface area contributed by atoms with Gasteiger partial charge < -0.3 is 14.5 Å². The summed E-state index contributed by atoms with van der Waals surface area (Å²) in [5.41, 5.74) is 1.49. The van der Waals surface area contributed by atoms with Gasteiger partial charge in [0.25, 0.3) is 17.5 Å². The Labute approximate surface area is 192 Å². The van der Waals surface area contributed by atoms with E-state index in [4.69, 9.17) is 9.15 Å². The third-order valence-electron chi connectivity index (χ3n) is 4.71. The number of rotatable bonds is 7. The van der Waals surface area contributed by atoms with Crippen LogP contribution >= 0.6 is 0 Å². The van der Waals surface area contributed by atoms with Crippen molar-refractivity contribution in [2.24, 2.45) is 0 Å². The van der Waals surface area contributed by atoms with Crippen molar-refractivity contribution in [3.05, 3.63) is 94.0 Å². The number of benzene rings is 3. The molecule has 0 aliphatic rings. The van der Waals surface area contributed by atoms with Gasteiger partial charge >= 0.3 is 6.01 Å². The van der Waals surface area contributed by atoms with Crippen LogP contribution in [0.1, 0.15) is 20.7 Å². The van der Waals surface area contributed by atoms with E-state index in [0.717, 1.165) is 0 Å². The Bertz CT molecular complexity index is 1350. The van der Waals surface area contributed by atoms with Gasteiger partial charge in [0.2, 0.25) is 5.89 Å². The first-order valence-electron chi connectivity index (χ1n) is 9.88. The van der Waals surface area contributed by atoms with Gasteiger partial charge in [0.1, 0.15) is 5.75 Å². The summed E-state index contributed by atoms with van der Waals surface area (Å²) in [6, 6.07) is 18.3. The number of nitro groups is 1. The lowest BCUT2D eigenvalue weighted by molar-refractivity contribution is -0.384. The minimum Gasteiger partial charge on any atom is -0.497 e. The topological polar surface area (TPSA) is 149 Å². The smallest absolute Gasteiger partial charge is 0.322 e. The van der Waals surface area contributed by atoms with E-state index in [1.165, 1.54) is 37.4 Å². The summed E-state index contributed by atoms with van der Waals surface area (Å²) < 4.78 is 10.5.